The average molecular weight is 494 g/mol. The number of carbonyl (C=O) groups excluding carboxylic acids is 1. The third-order valence-corrected chi connectivity index (χ3v) is 6.82. The van der Waals surface area contributed by atoms with Crippen LogP contribution in [0.25, 0.3) is 16.8 Å². The number of anilines is 1. The molecule has 34 heavy (non-hydrogen) atoms. The fourth-order valence-corrected chi connectivity index (χ4v) is 4.82. The summed E-state index contributed by atoms with van der Waals surface area (Å²) in [6.45, 7) is 2.09. The minimum atomic E-state index is -0.0769. The second kappa shape index (κ2) is 10.0. The maximum absolute atomic E-state index is 12.9. The lowest BCUT2D eigenvalue weighted by atomic mass is 9.97. The van der Waals surface area contributed by atoms with E-state index in [0.717, 1.165) is 59.0 Å². The Balaban J connectivity index is 1.28. The highest BCUT2D eigenvalue weighted by Gasteiger charge is 2.27. The summed E-state index contributed by atoms with van der Waals surface area (Å²) in [5, 5.41) is 9.19. The van der Waals surface area contributed by atoms with Crippen LogP contribution in [0.5, 0.6) is 0 Å². The molecule has 1 aliphatic heterocycles. The first-order chi connectivity index (χ1) is 16.6. The van der Waals surface area contributed by atoms with E-state index in [1.54, 1.807) is 6.20 Å². The van der Waals surface area contributed by atoms with Crippen molar-refractivity contribution in [3.05, 3.63) is 82.6 Å². The van der Waals surface area contributed by atoms with Gasteiger partial charge in [-0.25, -0.2) is 9.50 Å². The van der Waals surface area contributed by atoms with E-state index in [1.165, 1.54) is 0 Å². The molecule has 0 unspecified atom stereocenters. The monoisotopic (exact) mass is 493 g/mol. The van der Waals surface area contributed by atoms with Gasteiger partial charge in [-0.15, -0.1) is 0 Å². The zero-order valence-corrected chi connectivity index (χ0v) is 20.1. The van der Waals surface area contributed by atoms with E-state index < -0.39 is 0 Å². The van der Waals surface area contributed by atoms with Crippen LogP contribution in [0, 0.1) is 5.92 Å². The Bertz CT molecular complexity index is 1300. The molecule has 1 atom stereocenters. The number of fused-ring (bicyclic) bond motifs is 1. The molecule has 2 aromatic heterocycles. The molecule has 0 aliphatic carbocycles. The molecule has 0 bridgehead atoms. The standard InChI is InChI=1S/C26H25Cl2N5O/c27-20-9-7-18(8-10-20)11-12-30-26(34)19-4-3-14-32(17-19)25-24-16-23(31-33(24)15-13-29-25)21-5-1-2-6-22(21)28/h1-2,5-10,13,15-16,19H,3-4,11-12,14,17H2,(H,30,34)/t19-/m1/s1. The number of hydrogen-bond acceptors (Lipinski definition) is 4. The minimum Gasteiger partial charge on any atom is -0.355 e. The Morgan fingerprint density at radius 3 is 2.76 bits per heavy atom. The van der Waals surface area contributed by atoms with Gasteiger partial charge in [0.15, 0.2) is 5.82 Å². The Morgan fingerprint density at radius 1 is 1.12 bits per heavy atom. The van der Waals surface area contributed by atoms with Crippen LogP contribution in [-0.4, -0.2) is 40.1 Å². The third-order valence-electron chi connectivity index (χ3n) is 6.24. The minimum absolute atomic E-state index is 0.0769. The van der Waals surface area contributed by atoms with Crippen LogP contribution in [0.3, 0.4) is 0 Å². The summed E-state index contributed by atoms with van der Waals surface area (Å²) in [4.78, 5) is 19.7. The van der Waals surface area contributed by atoms with Crippen LogP contribution in [0.1, 0.15) is 18.4 Å². The molecule has 8 heteroatoms. The zero-order valence-electron chi connectivity index (χ0n) is 18.6. The Labute approximate surface area is 208 Å². The summed E-state index contributed by atoms with van der Waals surface area (Å²) in [7, 11) is 0. The molecule has 6 nitrogen and oxygen atoms in total. The van der Waals surface area contributed by atoms with Crippen molar-refractivity contribution < 1.29 is 4.79 Å². The first-order valence-corrected chi connectivity index (χ1v) is 12.2. The number of benzene rings is 2. The summed E-state index contributed by atoms with van der Waals surface area (Å²) in [5.41, 5.74) is 3.74. The van der Waals surface area contributed by atoms with Crippen molar-refractivity contribution in [3.63, 3.8) is 0 Å². The number of piperidine rings is 1. The highest BCUT2D eigenvalue weighted by Crippen LogP contribution is 2.31. The predicted molar refractivity (Wildman–Crippen MR) is 137 cm³/mol. The molecule has 1 fully saturated rings. The van der Waals surface area contributed by atoms with Crippen molar-refractivity contribution in [1.82, 2.24) is 19.9 Å². The van der Waals surface area contributed by atoms with Crippen molar-refractivity contribution in [2.24, 2.45) is 5.92 Å². The highest BCUT2D eigenvalue weighted by atomic mass is 35.5. The van der Waals surface area contributed by atoms with E-state index in [1.807, 2.05) is 65.3 Å². The summed E-state index contributed by atoms with van der Waals surface area (Å²) in [6, 6.07) is 17.4. The van der Waals surface area contributed by atoms with E-state index in [9.17, 15) is 4.79 Å². The van der Waals surface area contributed by atoms with Crippen molar-refractivity contribution in [3.8, 4) is 11.3 Å². The smallest absolute Gasteiger partial charge is 0.224 e. The molecular formula is C26H25Cl2N5O. The largest absolute Gasteiger partial charge is 0.355 e. The van der Waals surface area contributed by atoms with E-state index in [2.05, 4.69) is 15.2 Å². The zero-order chi connectivity index (χ0) is 23.5. The van der Waals surface area contributed by atoms with Gasteiger partial charge in [0.1, 0.15) is 5.52 Å². The molecule has 0 spiro atoms. The first kappa shape index (κ1) is 22.7. The summed E-state index contributed by atoms with van der Waals surface area (Å²) in [6.07, 6.45) is 6.17. The molecular weight excluding hydrogens is 469 g/mol. The fourth-order valence-electron chi connectivity index (χ4n) is 4.46. The van der Waals surface area contributed by atoms with Crippen LogP contribution in [0.15, 0.2) is 67.0 Å². The molecule has 3 heterocycles. The van der Waals surface area contributed by atoms with E-state index >= 15 is 0 Å². The van der Waals surface area contributed by atoms with Gasteiger partial charge in [-0.05, 0) is 49.1 Å². The van der Waals surface area contributed by atoms with Gasteiger partial charge in [0.25, 0.3) is 0 Å². The van der Waals surface area contributed by atoms with Crippen LogP contribution < -0.4 is 10.2 Å². The van der Waals surface area contributed by atoms with Crippen LogP contribution in [-0.2, 0) is 11.2 Å². The average Bonchev–Trinajstić information content (AvgIpc) is 3.30. The Hall–Kier alpha value is -3.09. The van der Waals surface area contributed by atoms with Gasteiger partial charge in [0, 0.05) is 42.6 Å². The van der Waals surface area contributed by atoms with Crippen LogP contribution in [0.4, 0.5) is 5.82 Å². The number of hydrogen-bond donors (Lipinski definition) is 1. The maximum Gasteiger partial charge on any atom is 0.224 e. The molecule has 0 saturated carbocycles. The van der Waals surface area contributed by atoms with Crippen molar-refractivity contribution in [1.29, 1.82) is 0 Å². The fraction of sp³-hybridized carbons (Fsp3) is 0.269. The molecule has 5 rings (SSSR count). The van der Waals surface area contributed by atoms with E-state index in [0.29, 0.717) is 18.1 Å². The lowest BCUT2D eigenvalue weighted by Gasteiger charge is -2.33. The SMILES string of the molecule is O=C(NCCc1ccc(Cl)cc1)[C@@H]1CCCN(c2nccn3nc(-c4ccccc4Cl)cc23)C1. The molecule has 174 valence electrons. The topological polar surface area (TPSA) is 62.5 Å². The van der Waals surface area contributed by atoms with Gasteiger partial charge < -0.3 is 10.2 Å². The van der Waals surface area contributed by atoms with Crippen molar-refractivity contribution in [2.75, 3.05) is 24.5 Å². The third kappa shape index (κ3) is 4.88. The summed E-state index contributed by atoms with van der Waals surface area (Å²) >= 11 is 12.3. The Morgan fingerprint density at radius 2 is 1.94 bits per heavy atom. The van der Waals surface area contributed by atoms with Gasteiger partial charge in [-0.3, -0.25) is 4.79 Å². The van der Waals surface area contributed by atoms with Gasteiger partial charge >= 0.3 is 0 Å². The second-order valence-electron chi connectivity index (χ2n) is 8.54. The molecule has 1 saturated heterocycles. The molecule has 1 amide bonds. The molecule has 1 N–H and O–H groups in total. The first-order valence-electron chi connectivity index (χ1n) is 11.4. The highest BCUT2D eigenvalue weighted by molar-refractivity contribution is 6.33. The second-order valence-corrected chi connectivity index (χ2v) is 9.39. The molecule has 4 aromatic rings. The normalized spacial score (nSPS) is 16.1. The number of nitrogens with one attached hydrogen (secondary N) is 1. The van der Waals surface area contributed by atoms with Gasteiger partial charge in [-0.2, -0.15) is 5.10 Å². The number of nitrogens with zero attached hydrogens (tertiary/aromatic N) is 4. The number of amides is 1. The lowest BCUT2D eigenvalue weighted by molar-refractivity contribution is -0.125. The van der Waals surface area contributed by atoms with Gasteiger partial charge in [0.05, 0.1) is 16.6 Å². The van der Waals surface area contributed by atoms with Crippen molar-refractivity contribution >= 4 is 40.4 Å². The van der Waals surface area contributed by atoms with Gasteiger partial charge in [-0.1, -0.05) is 53.5 Å². The van der Waals surface area contributed by atoms with Gasteiger partial charge in [0.2, 0.25) is 5.91 Å². The molecule has 0 radical (unpaired) electrons. The lowest BCUT2D eigenvalue weighted by Crippen LogP contribution is -2.44. The number of halogens is 2. The van der Waals surface area contributed by atoms with Crippen LogP contribution in [0.2, 0.25) is 10.0 Å². The van der Waals surface area contributed by atoms with Crippen LogP contribution >= 0.6 is 23.2 Å². The van der Waals surface area contributed by atoms with Crippen molar-refractivity contribution in [2.45, 2.75) is 19.3 Å². The molecule has 1 aliphatic rings. The molecule has 2 aromatic carbocycles. The maximum atomic E-state index is 12.9. The Kier molecular flexibility index (Phi) is 6.70. The quantitative estimate of drug-likeness (QED) is 0.396. The summed E-state index contributed by atoms with van der Waals surface area (Å²) < 4.78 is 1.83. The number of rotatable bonds is 6. The van der Waals surface area contributed by atoms with E-state index in [-0.39, 0.29) is 11.8 Å². The van der Waals surface area contributed by atoms with E-state index in [4.69, 9.17) is 28.3 Å². The predicted octanol–water partition coefficient (Wildman–Crippen LogP) is 5.28. The summed E-state index contributed by atoms with van der Waals surface area (Å²) in [5.74, 6) is 0.856. The number of carbonyl (C=O) groups is 1. The number of aromatic nitrogens is 3.